The van der Waals surface area contributed by atoms with E-state index < -0.39 is 23.8 Å². The summed E-state index contributed by atoms with van der Waals surface area (Å²) in [6.45, 7) is 9.09. The van der Waals surface area contributed by atoms with Gasteiger partial charge in [-0.1, -0.05) is 6.42 Å². The van der Waals surface area contributed by atoms with Gasteiger partial charge in [0.25, 0.3) is 0 Å². The monoisotopic (exact) mass is 463 g/mol. The molecule has 3 amide bonds. The first-order valence-corrected chi connectivity index (χ1v) is 10.9. The third-order valence-electron chi connectivity index (χ3n) is 3.86. The van der Waals surface area contributed by atoms with Crippen LogP contribution in [0, 0.1) is 0 Å². The van der Waals surface area contributed by atoms with Crippen LogP contribution in [0.25, 0.3) is 0 Å². The van der Waals surface area contributed by atoms with Crippen molar-refractivity contribution in [2.45, 2.75) is 64.6 Å². The van der Waals surface area contributed by atoms with Gasteiger partial charge < -0.3 is 36.3 Å². The molecule has 0 aromatic heterocycles. The van der Waals surface area contributed by atoms with Crippen LogP contribution in [0.2, 0.25) is 0 Å². The molecule has 12 heteroatoms. The Morgan fingerprint density at radius 1 is 0.938 bits per heavy atom. The van der Waals surface area contributed by atoms with Crippen LogP contribution in [0.4, 0.5) is 4.79 Å². The van der Waals surface area contributed by atoms with Crippen LogP contribution in [-0.4, -0.2) is 81.7 Å². The third kappa shape index (κ3) is 17.7. The normalized spacial score (nSPS) is 13.2. The molecule has 0 saturated heterocycles. The van der Waals surface area contributed by atoms with Crippen molar-refractivity contribution in [3.63, 3.8) is 0 Å². The lowest BCUT2D eigenvalue weighted by molar-refractivity contribution is -0.129. The lowest BCUT2D eigenvalue weighted by atomic mass is 10.1. The Morgan fingerprint density at radius 3 is 2.19 bits per heavy atom. The number of nitrogens with two attached hydrogens (primary N) is 2. The Bertz CT molecular complexity index is 543. The Balaban J connectivity index is 3.62. The maximum Gasteiger partial charge on any atom is 0.431 e. The summed E-state index contributed by atoms with van der Waals surface area (Å²) < 4.78 is 15.6. The lowest BCUT2D eigenvalue weighted by Crippen LogP contribution is -2.50. The Morgan fingerprint density at radius 2 is 1.56 bits per heavy atom. The highest BCUT2D eigenvalue weighted by Gasteiger charge is 2.19. The maximum absolute atomic E-state index is 12.0. The minimum Gasteiger partial charge on any atom is -0.442 e. The molecule has 0 spiro atoms. The van der Waals surface area contributed by atoms with Crippen molar-refractivity contribution >= 4 is 17.9 Å². The Hall–Kier alpha value is -1.99. The largest absolute Gasteiger partial charge is 0.442 e. The van der Waals surface area contributed by atoms with Crippen LogP contribution >= 0.6 is 0 Å². The number of nitrogens with one attached hydrogen (secondary N) is 3. The van der Waals surface area contributed by atoms with E-state index >= 15 is 0 Å². The minimum atomic E-state index is -0.694. The average Bonchev–Trinajstić information content (AvgIpc) is 2.70. The van der Waals surface area contributed by atoms with Crippen molar-refractivity contribution in [1.82, 2.24) is 16.1 Å². The molecule has 0 rings (SSSR count). The molecule has 0 aliphatic rings. The van der Waals surface area contributed by atoms with Gasteiger partial charge in [0.05, 0.1) is 39.1 Å². The van der Waals surface area contributed by atoms with Crippen LogP contribution in [0.5, 0.6) is 0 Å². The van der Waals surface area contributed by atoms with Crippen molar-refractivity contribution < 1.29 is 33.4 Å². The standard InChI is InChI=1S/C20H41N5O7/c1-15(24-18(27)16(22)7-5-6-8-21)17(26)23-9-10-29-11-12-30-13-14-31-25-19(28)32-20(2,3)4/h15-16H,5-14,21-22H2,1-4H3,(H,23,26)(H,24,27)(H,25,28)/t15-,16?/m0/s1. The van der Waals surface area contributed by atoms with Crippen molar-refractivity contribution in [3.05, 3.63) is 0 Å². The van der Waals surface area contributed by atoms with Crippen LogP contribution in [0.1, 0.15) is 47.0 Å². The summed E-state index contributed by atoms with van der Waals surface area (Å²) in [5.41, 5.74) is 12.8. The highest BCUT2D eigenvalue weighted by molar-refractivity contribution is 5.89. The zero-order valence-electron chi connectivity index (χ0n) is 19.7. The average molecular weight is 464 g/mol. The Labute approximate surface area is 190 Å². The van der Waals surface area contributed by atoms with Crippen LogP contribution < -0.4 is 27.6 Å². The maximum atomic E-state index is 12.0. The molecule has 0 aromatic carbocycles. The number of ether oxygens (including phenoxy) is 3. The number of rotatable bonds is 17. The molecule has 32 heavy (non-hydrogen) atoms. The van der Waals surface area contributed by atoms with Gasteiger partial charge in [-0.05, 0) is 47.1 Å². The number of hydrogen-bond donors (Lipinski definition) is 5. The summed E-state index contributed by atoms with van der Waals surface area (Å²) >= 11 is 0. The molecule has 0 saturated carbocycles. The summed E-state index contributed by atoms with van der Waals surface area (Å²) in [5, 5.41) is 5.27. The first-order chi connectivity index (χ1) is 15.1. The van der Waals surface area contributed by atoms with Crippen molar-refractivity contribution in [2.75, 3.05) is 46.1 Å². The van der Waals surface area contributed by atoms with Crippen LogP contribution in [0.15, 0.2) is 0 Å². The summed E-state index contributed by atoms with van der Waals surface area (Å²) in [5.74, 6) is -0.676. The zero-order chi connectivity index (χ0) is 24.4. The van der Waals surface area contributed by atoms with Crippen LogP contribution in [0.3, 0.4) is 0 Å². The van der Waals surface area contributed by atoms with Gasteiger partial charge >= 0.3 is 6.09 Å². The molecule has 188 valence electrons. The number of unbranched alkanes of at least 4 members (excludes halogenated alkanes) is 1. The SMILES string of the molecule is C[C@H](NC(=O)C(N)CCCCN)C(=O)NCCOCCOCCONC(=O)OC(C)(C)C. The molecule has 7 N–H and O–H groups in total. The van der Waals surface area contributed by atoms with Gasteiger partial charge in [-0.15, -0.1) is 0 Å². The quantitative estimate of drug-likeness (QED) is 0.141. The predicted molar refractivity (Wildman–Crippen MR) is 118 cm³/mol. The number of carbonyl (C=O) groups is 3. The fraction of sp³-hybridized carbons (Fsp3) is 0.850. The molecule has 0 aliphatic carbocycles. The third-order valence-corrected chi connectivity index (χ3v) is 3.86. The van der Waals surface area contributed by atoms with Gasteiger partial charge in [-0.2, -0.15) is 5.48 Å². The van der Waals surface area contributed by atoms with Gasteiger partial charge in [0.15, 0.2) is 0 Å². The van der Waals surface area contributed by atoms with E-state index in [1.165, 1.54) is 0 Å². The zero-order valence-corrected chi connectivity index (χ0v) is 19.7. The fourth-order valence-corrected chi connectivity index (χ4v) is 2.26. The van der Waals surface area contributed by atoms with E-state index in [1.54, 1.807) is 27.7 Å². The summed E-state index contributed by atoms with van der Waals surface area (Å²) in [4.78, 5) is 40.2. The molecule has 0 heterocycles. The highest BCUT2D eigenvalue weighted by atomic mass is 16.7. The second kappa shape index (κ2) is 17.6. The minimum absolute atomic E-state index is 0.162. The smallest absolute Gasteiger partial charge is 0.431 e. The number of hydrogen-bond acceptors (Lipinski definition) is 9. The van der Waals surface area contributed by atoms with Gasteiger partial charge in [0.1, 0.15) is 11.6 Å². The van der Waals surface area contributed by atoms with Crippen molar-refractivity contribution in [1.29, 1.82) is 0 Å². The molecule has 0 aromatic rings. The first-order valence-electron chi connectivity index (χ1n) is 10.9. The lowest BCUT2D eigenvalue weighted by Gasteiger charge is -2.19. The molecular formula is C20H41N5O7. The summed E-state index contributed by atoms with van der Waals surface area (Å²) in [7, 11) is 0. The molecule has 1 unspecified atom stereocenters. The van der Waals surface area contributed by atoms with E-state index in [2.05, 4.69) is 16.1 Å². The van der Waals surface area contributed by atoms with E-state index in [9.17, 15) is 14.4 Å². The van der Waals surface area contributed by atoms with Crippen molar-refractivity contribution in [2.24, 2.45) is 11.5 Å². The number of amides is 3. The number of hydroxylamine groups is 1. The van der Waals surface area contributed by atoms with E-state index in [0.29, 0.717) is 39.3 Å². The van der Waals surface area contributed by atoms with Crippen LogP contribution in [-0.2, 0) is 28.6 Å². The van der Waals surface area contributed by atoms with E-state index in [0.717, 1.165) is 12.8 Å². The topological polar surface area (TPSA) is 176 Å². The van der Waals surface area contributed by atoms with E-state index in [-0.39, 0.29) is 25.0 Å². The molecule has 2 atom stereocenters. The molecule has 0 radical (unpaired) electrons. The highest BCUT2D eigenvalue weighted by Crippen LogP contribution is 2.06. The predicted octanol–water partition coefficient (Wildman–Crippen LogP) is -0.447. The molecule has 12 nitrogen and oxygen atoms in total. The fourth-order valence-electron chi connectivity index (χ4n) is 2.26. The Kier molecular flexibility index (Phi) is 16.5. The van der Waals surface area contributed by atoms with Gasteiger partial charge in [-0.3, -0.25) is 14.4 Å². The van der Waals surface area contributed by atoms with Gasteiger partial charge in [0, 0.05) is 6.54 Å². The second-order valence-electron chi connectivity index (χ2n) is 8.09. The first kappa shape index (κ1) is 30.0. The summed E-state index contributed by atoms with van der Waals surface area (Å²) in [6, 6.07) is -1.35. The van der Waals surface area contributed by atoms with Crippen molar-refractivity contribution in [3.8, 4) is 0 Å². The molecule has 0 fully saturated rings. The van der Waals surface area contributed by atoms with Gasteiger partial charge in [0.2, 0.25) is 11.8 Å². The molecule has 0 aliphatic heterocycles. The summed E-state index contributed by atoms with van der Waals surface area (Å²) in [6.07, 6.45) is 1.44. The second-order valence-corrected chi connectivity index (χ2v) is 8.09. The molecule has 0 bridgehead atoms. The van der Waals surface area contributed by atoms with E-state index in [4.69, 9.17) is 30.5 Å². The van der Waals surface area contributed by atoms with Gasteiger partial charge in [-0.25, -0.2) is 4.79 Å². The molecular weight excluding hydrogens is 422 g/mol. The van der Waals surface area contributed by atoms with E-state index in [1.807, 2.05) is 0 Å². The number of carbonyl (C=O) groups excluding carboxylic acids is 3.